The summed E-state index contributed by atoms with van der Waals surface area (Å²) in [4.78, 5) is 11.6. The third-order valence-corrected chi connectivity index (χ3v) is 6.84. The van der Waals surface area contributed by atoms with Gasteiger partial charge in [-0.1, -0.05) is 46.8 Å². The summed E-state index contributed by atoms with van der Waals surface area (Å²) < 4.78 is 0. The van der Waals surface area contributed by atoms with Crippen molar-refractivity contribution in [1.29, 1.82) is 0 Å². The normalized spacial score (nSPS) is 36.3. The molecule has 2 rings (SSSR count). The van der Waals surface area contributed by atoms with Crippen LogP contribution < -0.4 is 0 Å². The topological polar surface area (TPSA) is 18.5 Å². The minimum atomic E-state index is -1.06. The highest BCUT2D eigenvalue weighted by atomic mass is 28.3. The van der Waals surface area contributed by atoms with Crippen molar-refractivity contribution in [2.45, 2.75) is 96.7 Å². The van der Waals surface area contributed by atoms with Crippen LogP contribution in [-0.4, -0.2) is 19.8 Å². The van der Waals surface area contributed by atoms with Crippen LogP contribution in [0.25, 0.3) is 0 Å². The Hall–Kier alpha value is 0.137. The first-order chi connectivity index (χ1) is 9.10. The zero-order chi connectivity index (χ0) is 15.0. The Balaban J connectivity index is 1.93. The molecule has 3 heteroatoms. The Morgan fingerprint density at radius 2 is 1.80 bits per heavy atom. The van der Waals surface area contributed by atoms with Crippen LogP contribution in [0.4, 0.5) is 0 Å². The number of hydrogen-bond donors (Lipinski definition) is 0. The molecule has 0 bridgehead atoms. The Kier molecular flexibility index (Phi) is 4.73. The summed E-state index contributed by atoms with van der Waals surface area (Å²) in [6.07, 6.45) is 7.82. The van der Waals surface area contributed by atoms with Gasteiger partial charge in [0.2, 0.25) is 0 Å². The molecule has 1 saturated heterocycles. The van der Waals surface area contributed by atoms with Gasteiger partial charge in [0.25, 0.3) is 0 Å². The second-order valence-corrected chi connectivity index (χ2v) is 15.0. The molecule has 0 N–H and O–H groups in total. The summed E-state index contributed by atoms with van der Waals surface area (Å²) in [7, 11) is -1.06. The molecule has 1 heterocycles. The molecule has 20 heavy (non-hydrogen) atoms. The Bertz CT molecular complexity index is 329. The van der Waals surface area contributed by atoms with Crippen LogP contribution in [0.15, 0.2) is 0 Å². The van der Waals surface area contributed by atoms with Crippen molar-refractivity contribution in [2.75, 3.05) is 0 Å². The molecular weight excluding hydrogens is 264 g/mol. The van der Waals surface area contributed by atoms with E-state index in [1.807, 2.05) is 0 Å². The Labute approximate surface area is 126 Å². The molecule has 0 aromatic heterocycles. The van der Waals surface area contributed by atoms with Crippen molar-refractivity contribution in [3.63, 3.8) is 0 Å². The predicted octanol–water partition coefficient (Wildman–Crippen LogP) is 5.41. The lowest BCUT2D eigenvalue weighted by Crippen LogP contribution is -2.30. The lowest BCUT2D eigenvalue weighted by atomic mass is 9.76. The van der Waals surface area contributed by atoms with E-state index in [-0.39, 0.29) is 5.60 Å². The van der Waals surface area contributed by atoms with Crippen LogP contribution in [0.5, 0.6) is 0 Å². The van der Waals surface area contributed by atoms with Crippen molar-refractivity contribution in [3.8, 4) is 0 Å². The molecule has 0 aromatic carbocycles. The Morgan fingerprint density at radius 3 is 2.40 bits per heavy atom. The first-order valence-electron chi connectivity index (χ1n) is 8.44. The summed E-state index contributed by atoms with van der Waals surface area (Å²) in [5, 5.41) is 0. The predicted molar refractivity (Wildman–Crippen MR) is 87.5 cm³/mol. The molecule has 0 radical (unpaired) electrons. The van der Waals surface area contributed by atoms with Crippen LogP contribution in [0.1, 0.15) is 59.3 Å². The number of rotatable bonds is 2. The largest absolute Gasteiger partial charge is 0.233 e. The van der Waals surface area contributed by atoms with Gasteiger partial charge in [0.05, 0.1) is 6.10 Å². The van der Waals surface area contributed by atoms with E-state index in [1.54, 1.807) is 0 Å². The molecule has 2 aliphatic rings. The lowest BCUT2D eigenvalue weighted by molar-refractivity contribution is -0.326. The van der Waals surface area contributed by atoms with Crippen molar-refractivity contribution in [3.05, 3.63) is 0 Å². The second-order valence-electron chi connectivity index (χ2n) is 9.45. The van der Waals surface area contributed by atoms with Crippen LogP contribution in [0.3, 0.4) is 0 Å². The lowest BCUT2D eigenvalue weighted by Gasteiger charge is -2.30. The monoisotopic (exact) mass is 298 g/mol. The standard InChI is InChI=1S/C17H34O2Si/c1-16(2,3)14-8-7-10-17(11-9-14)12-15(18-19-17)13-20(4,5)6/h14-15H,7-13H2,1-6H3. The van der Waals surface area contributed by atoms with Crippen LogP contribution >= 0.6 is 0 Å². The fraction of sp³-hybridized carbons (Fsp3) is 1.00. The molecule has 1 aliphatic heterocycles. The highest BCUT2D eigenvalue weighted by Crippen LogP contribution is 2.46. The van der Waals surface area contributed by atoms with Gasteiger partial charge >= 0.3 is 0 Å². The van der Waals surface area contributed by atoms with Crippen LogP contribution in [0, 0.1) is 11.3 Å². The van der Waals surface area contributed by atoms with Gasteiger partial charge in [-0.15, -0.1) is 0 Å². The van der Waals surface area contributed by atoms with Crippen molar-refractivity contribution in [1.82, 2.24) is 0 Å². The maximum atomic E-state index is 5.90. The van der Waals surface area contributed by atoms with E-state index in [2.05, 4.69) is 40.4 Å². The zero-order valence-electron chi connectivity index (χ0n) is 14.4. The first kappa shape index (κ1) is 16.5. The van der Waals surface area contributed by atoms with Gasteiger partial charge in [0.1, 0.15) is 5.60 Å². The van der Waals surface area contributed by atoms with Gasteiger partial charge < -0.3 is 0 Å². The molecule has 0 aromatic rings. The average Bonchev–Trinajstić information content (AvgIpc) is 2.51. The molecule has 2 nitrogen and oxygen atoms in total. The van der Waals surface area contributed by atoms with Crippen molar-refractivity contribution < 1.29 is 9.78 Å². The molecule has 1 spiro atoms. The first-order valence-corrected chi connectivity index (χ1v) is 12.1. The maximum absolute atomic E-state index is 5.90. The van der Waals surface area contributed by atoms with Gasteiger partial charge in [-0.05, 0) is 43.1 Å². The van der Waals surface area contributed by atoms with Gasteiger partial charge in [0, 0.05) is 14.5 Å². The van der Waals surface area contributed by atoms with Gasteiger partial charge in [0.15, 0.2) is 0 Å². The van der Waals surface area contributed by atoms with E-state index in [1.165, 1.54) is 38.1 Å². The minimum Gasteiger partial charge on any atom is -0.233 e. The molecular formula is C17H34O2Si. The fourth-order valence-corrected chi connectivity index (χ4v) is 5.55. The molecule has 118 valence electrons. The summed E-state index contributed by atoms with van der Waals surface area (Å²) >= 11 is 0. The summed E-state index contributed by atoms with van der Waals surface area (Å²) in [6.45, 7) is 14.4. The molecule has 3 atom stereocenters. The van der Waals surface area contributed by atoms with Crippen molar-refractivity contribution in [2.24, 2.45) is 11.3 Å². The molecule has 3 unspecified atom stereocenters. The molecule has 1 aliphatic carbocycles. The van der Waals surface area contributed by atoms with E-state index in [4.69, 9.17) is 9.78 Å². The van der Waals surface area contributed by atoms with Crippen LogP contribution in [-0.2, 0) is 9.78 Å². The highest BCUT2D eigenvalue weighted by Gasteiger charge is 2.45. The Morgan fingerprint density at radius 1 is 1.10 bits per heavy atom. The van der Waals surface area contributed by atoms with Crippen molar-refractivity contribution >= 4 is 8.07 Å². The van der Waals surface area contributed by atoms with Gasteiger partial charge in [-0.2, -0.15) is 0 Å². The van der Waals surface area contributed by atoms with E-state index in [0.29, 0.717) is 11.5 Å². The molecule has 2 fully saturated rings. The second kappa shape index (κ2) is 5.73. The summed E-state index contributed by atoms with van der Waals surface area (Å²) in [5.74, 6) is 0.835. The average molecular weight is 299 g/mol. The van der Waals surface area contributed by atoms with E-state index < -0.39 is 8.07 Å². The maximum Gasteiger partial charge on any atom is 0.106 e. The minimum absolute atomic E-state index is 0.0459. The van der Waals surface area contributed by atoms with E-state index in [0.717, 1.165) is 12.3 Å². The third kappa shape index (κ3) is 4.31. The quantitative estimate of drug-likeness (QED) is 0.501. The SMILES string of the molecule is CC(C)(C)C1CCCC2(CC1)CC(C[Si](C)(C)C)OO2. The smallest absolute Gasteiger partial charge is 0.106 e. The van der Waals surface area contributed by atoms with E-state index >= 15 is 0 Å². The van der Waals surface area contributed by atoms with Crippen LogP contribution in [0.2, 0.25) is 25.7 Å². The van der Waals surface area contributed by atoms with Gasteiger partial charge in [-0.25, -0.2) is 9.78 Å². The van der Waals surface area contributed by atoms with Gasteiger partial charge in [-0.3, -0.25) is 0 Å². The number of hydrogen-bond acceptors (Lipinski definition) is 2. The molecule has 0 amide bonds. The fourth-order valence-electron chi connectivity index (χ4n) is 3.97. The summed E-state index contributed by atoms with van der Waals surface area (Å²) in [6, 6.07) is 1.23. The summed E-state index contributed by atoms with van der Waals surface area (Å²) in [5.41, 5.74) is 0.479. The van der Waals surface area contributed by atoms with E-state index in [9.17, 15) is 0 Å². The third-order valence-electron chi connectivity index (χ3n) is 5.16. The molecule has 1 saturated carbocycles. The highest BCUT2D eigenvalue weighted by molar-refractivity contribution is 6.76. The zero-order valence-corrected chi connectivity index (χ0v) is 15.4.